The largest absolute Gasteiger partial charge is 0.490 e. The summed E-state index contributed by atoms with van der Waals surface area (Å²) in [6.07, 6.45) is 1.73. The molecule has 2 aromatic carbocycles. The third kappa shape index (κ3) is 5.58. The van der Waals surface area contributed by atoms with Crippen molar-refractivity contribution in [2.24, 2.45) is 0 Å². The molecule has 0 spiro atoms. The Kier molecular flexibility index (Phi) is 6.90. The standard InChI is InChI=1S/C21H20N2O4S2/c1-3-26-17-10-14(11-18-20(25)23-21(28)29-18)8-9-16(17)27-12-19(24)22-15-7-5-4-6-13(15)2/h4-11H,3,12H2,1-2H3,(H,22,24)(H,23,25,28)/b18-11+. The predicted octanol–water partition coefficient (Wildman–Crippen LogP) is 3.90. The highest BCUT2D eigenvalue weighted by molar-refractivity contribution is 8.26. The lowest BCUT2D eigenvalue weighted by Crippen LogP contribution is -2.20. The molecule has 0 atom stereocenters. The lowest BCUT2D eigenvalue weighted by atomic mass is 10.2. The van der Waals surface area contributed by atoms with Crippen molar-refractivity contribution in [3.8, 4) is 11.5 Å². The van der Waals surface area contributed by atoms with Crippen LogP contribution in [0.25, 0.3) is 6.08 Å². The molecular weight excluding hydrogens is 408 g/mol. The first-order valence-electron chi connectivity index (χ1n) is 8.96. The van der Waals surface area contributed by atoms with Crippen LogP contribution in [0.3, 0.4) is 0 Å². The van der Waals surface area contributed by atoms with Gasteiger partial charge in [-0.15, -0.1) is 0 Å². The third-order valence-electron chi connectivity index (χ3n) is 3.99. The van der Waals surface area contributed by atoms with Gasteiger partial charge < -0.3 is 20.1 Å². The smallest absolute Gasteiger partial charge is 0.263 e. The second-order valence-corrected chi connectivity index (χ2v) is 7.86. The zero-order valence-corrected chi connectivity index (χ0v) is 17.6. The molecule has 2 aromatic rings. The van der Waals surface area contributed by atoms with E-state index in [-0.39, 0.29) is 18.4 Å². The summed E-state index contributed by atoms with van der Waals surface area (Å²) in [6.45, 7) is 4.07. The highest BCUT2D eigenvalue weighted by Gasteiger charge is 2.22. The third-order valence-corrected chi connectivity index (χ3v) is 5.15. The van der Waals surface area contributed by atoms with Crippen LogP contribution in [0, 0.1) is 6.92 Å². The minimum Gasteiger partial charge on any atom is -0.490 e. The molecule has 2 amide bonds. The van der Waals surface area contributed by atoms with Crippen LogP contribution in [-0.2, 0) is 9.59 Å². The van der Waals surface area contributed by atoms with Gasteiger partial charge in [0.2, 0.25) is 0 Å². The first-order valence-corrected chi connectivity index (χ1v) is 10.2. The Morgan fingerprint density at radius 2 is 2.00 bits per heavy atom. The summed E-state index contributed by atoms with van der Waals surface area (Å²) in [5.74, 6) is 0.469. The van der Waals surface area contributed by atoms with Gasteiger partial charge in [-0.2, -0.15) is 0 Å². The number of carbonyl (C=O) groups excluding carboxylic acids is 2. The van der Waals surface area contributed by atoms with Crippen LogP contribution < -0.4 is 20.1 Å². The van der Waals surface area contributed by atoms with Gasteiger partial charge >= 0.3 is 0 Å². The van der Waals surface area contributed by atoms with Crippen molar-refractivity contribution >= 4 is 51.9 Å². The van der Waals surface area contributed by atoms with Gasteiger partial charge in [-0.05, 0) is 49.2 Å². The van der Waals surface area contributed by atoms with Crippen molar-refractivity contribution in [3.63, 3.8) is 0 Å². The molecule has 8 heteroatoms. The summed E-state index contributed by atoms with van der Waals surface area (Å²) in [4.78, 5) is 24.6. The zero-order chi connectivity index (χ0) is 20.8. The number of carbonyl (C=O) groups is 2. The minimum absolute atomic E-state index is 0.151. The average molecular weight is 429 g/mol. The van der Waals surface area contributed by atoms with Gasteiger partial charge in [-0.25, -0.2) is 0 Å². The van der Waals surface area contributed by atoms with Crippen molar-refractivity contribution in [1.29, 1.82) is 0 Å². The number of thioether (sulfide) groups is 1. The first kappa shape index (κ1) is 20.9. The van der Waals surface area contributed by atoms with Gasteiger partial charge in [0.1, 0.15) is 4.32 Å². The molecule has 0 radical (unpaired) electrons. The number of hydrogen-bond acceptors (Lipinski definition) is 6. The fourth-order valence-electron chi connectivity index (χ4n) is 2.62. The number of aryl methyl sites for hydroxylation is 1. The number of nitrogens with one attached hydrogen (secondary N) is 2. The topological polar surface area (TPSA) is 76.7 Å². The highest BCUT2D eigenvalue weighted by atomic mass is 32.2. The molecule has 0 bridgehead atoms. The van der Waals surface area contributed by atoms with Gasteiger partial charge in [-0.1, -0.05) is 48.2 Å². The number of amides is 2. The van der Waals surface area contributed by atoms with E-state index in [1.54, 1.807) is 24.3 Å². The number of benzene rings is 2. The molecule has 1 saturated heterocycles. The van der Waals surface area contributed by atoms with Crippen LogP contribution in [-0.4, -0.2) is 29.3 Å². The summed E-state index contributed by atoms with van der Waals surface area (Å²) in [5.41, 5.74) is 2.49. The fourth-order valence-corrected chi connectivity index (χ4v) is 3.66. The Bertz CT molecular complexity index is 988. The minimum atomic E-state index is -0.263. The summed E-state index contributed by atoms with van der Waals surface area (Å²) in [6, 6.07) is 12.8. The van der Waals surface area contributed by atoms with Crippen LogP contribution in [0.5, 0.6) is 11.5 Å². The van der Waals surface area contributed by atoms with E-state index in [4.69, 9.17) is 21.7 Å². The lowest BCUT2D eigenvalue weighted by Gasteiger charge is -2.13. The monoisotopic (exact) mass is 428 g/mol. The zero-order valence-electron chi connectivity index (χ0n) is 16.0. The van der Waals surface area contributed by atoms with Crippen LogP contribution in [0.15, 0.2) is 47.4 Å². The van der Waals surface area contributed by atoms with Crippen LogP contribution >= 0.6 is 24.0 Å². The van der Waals surface area contributed by atoms with Gasteiger partial charge in [0.25, 0.3) is 11.8 Å². The molecule has 0 saturated carbocycles. The van der Waals surface area contributed by atoms with E-state index >= 15 is 0 Å². The van der Waals surface area contributed by atoms with Gasteiger partial charge in [0.05, 0.1) is 11.5 Å². The Balaban J connectivity index is 1.69. The molecule has 1 aliphatic rings. The maximum absolute atomic E-state index is 12.2. The van der Waals surface area contributed by atoms with Gasteiger partial charge in [0, 0.05) is 5.69 Å². The Morgan fingerprint density at radius 1 is 1.21 bits per heavy atom. The van der Waals surface area contributed by atoms with E-state index in [1.807, 2.05) is 38.1 Å². The fraction of sp³-hybridized carbons (Fsp3) is 0.190. The molecule has 2 N–H and O–H groups in total. The average Bonchev–Trinajstić information content (AvgIpc) is 3.00. The Morgan fingerprint density at radius 3 is 2.69 bits per heavy atom. The summed E-state index contributed by atoms with van der Waals surface area (Å²) >= 11 is 6.21. The second kappa shape index (κ2) is 9.58. The molecule has 0 aromatic heterocycles. The molecule has 29 heavy (non-hydrogen) atoms. The lowest BCUT2D eigenvalue weighted by molar-refractivity contribution is -0.118. The predicted molar refractivity (Wildman–Crippen MR) is 119 cm³/mol. The van der Waals surface area contributed by atoms with E-state index in [0.717, 1.165) is 16.8 Å². The van der Waals surface area contributed by atoms with E-state index < -0.39 is 0 Å². The number of para-hydroxylation sites is 1. The summed E-state index contributed by atoms with van der Waals surface area (Å²) in [7, 11) is 0. The maximum atomic E-state index is 12.2. The molecule has 1 heterocycles. The normalized spacial score (nSPS) is 14.6. The van der Waals surface area contributed by atoms with Crippen molar-refractivity contribution < 1.29 is 19.1 Å². The van der Waals surface area contributed by atoms with Gasteiger partial charge in [-0.3, -0.25) is 9.59 Å². The maximum Gasteiger partial charge on any atom is 0.263 e. The molecule has 1 fully saturated rings. The molecule has 1 aliphatic heterocycles. The number of thiocarbonyl (C=S) groups is 1. The second-order valence-electron chi connectivity index (χ2n) is 6.14. The number of anilines is 1. The molecular formula is C21H20N2O4S2. The molecule has 0 unspecified atom stereocenters. The van der Waals surface area contributed by atoms with E-state index in [1.165, 1.54) is 11.8 Å². The van der Waals surface area contributed by atoms with Crippen LogP contribution in [0.1, 0.15) is 18.1 Å². The van der Waals surface area contributed by atoms with Crippen molar-refractivity contribution in [3.05, 3.63) is 58.5 Å². The molecule has 150 valence electrons. The SMILES string of the molecule is CCOc1cc(/C=C2/SC(=S)NC2=O)ccc1OCC(=O)Nc1ccccc1C. The van der Waals surface area contributed by atoms with E-state index in [9.17, 15) is 9.59 Å². The summed E-state index contributed by atoms with van der Waals surface area (Å²) in [5, 5.41) is 5.41. The van der Waals surface area contributed by atoms with Crippen LogP contribution in [0.4, 0.5) is 5.69 Å². The quantitative estimate of drug-likeness (QED) is 0.515. The Hall–Kier alpha value is -2.84. The Labute approximate surface area is 178 Å². The summed E-state index contributed by atoms with van der Waals surface area (Å²) < 4.78 is 11.7. The highest BCUT2D eigenvalue weighted by Crippen LogP contribution is 2.32. The number of rotatable bonds is 7. The first-order chi connectivity index (χ1) is 14.0. The van der Waals surface area contributed by atoms with Crippen molar-refractivity contribution in [1.82, 2.24) is 5.32 Å². The van der Waals surface area contributed by atoms with Crippen molar-refractivity contribution in [2.75, 3.05) is 18.5 Å². The van der Waals surface area contributed by atoms with Crippen molar-refractivity contribution in [2.45, 2.75) is 13.8 Å². The van der Waals surface area contributed by atoms with E-state index in [0.29, 0.717) is 27.3 Å². The van der Waals surface area contributed by atoms with Gasteiger partial charge in [0.15, 0.2) is 18.1 Å². The molecule has 3 rings (SSSR count). The number of hydrogen-bond donors (Lipinski definition) is 2. The molecule has 0 aliphatic carbocycles. The van der Waals surface area contributed by atoms with E-state index in [2.05, 4.69) is 10.6 Å². The molecule has 6 nitrogen and oxygen atoms in total. The number of ether oxygens (including phenoxy) is 2. The van der Waals surface area contributed by atoms with Crippen LogP contribution in [0.2, 0.25) is 0 Å².